The molecule has 74 heavy (non-hydrogen) atoms. The number of carbonyl (C=O) groups excluding carboxylic acids is 2. The lowest BCUT2D eigenvalue weighted by Crippen LogP contribution is -2.28. The van der Waals surface area contributed by atoms with Crippen LogP contribution < -0.4 is 0 Å². The van der Waals surface area contributed by atoms with Gasteiger partial charge in [-0.3, -0.25) is 9.59 Å². The van der Waals surface area contributed by atoms with E-state index < -0.39 is 6.10 Å². The largest absolute Gasteiger partial charge is 0.462 e. The number of carbonyl (C=O) groups is 2. The molecular weight excluding hydrogens is 909 g/mol. The molecule has 0 fully saturated rings. The molecule has 5 heteroatoms. The van der Waals surface area contributed by atoms with Gasteiger partial charge in [-0.25, -0.2) is 0 Å². The second-order valence-corrected chi connectivity index (χ2v) is 19.7. The molecule has 0 saturated carbocycles. The van der Waals surface area contributed by atoms with Gasteiger partial charge in [0.2, 0.25) is 0 Å². The quantitative estimate of drug-likeness (QED) is 0.0373. The van der Waals surface area contributed by atoms with Crippen molar-refractivity contribution in [2.24, 2.45) is 0 Å². The number of ether oxygens (including phenoxy) is 2. The van der Waals surface area contributed by atoms with Gasteiger partial charge in [-0.15, -0.1) is 0 Å². The Labute approximate surface area is 457 Å². The third-order valence-electron chi connectivity index (χ3n) is 12.6. The van der Waals surface area contributed by atoms with Crippen LogP contribution in [0.15, 0.2) is 146 Å². The first kappa shape index (κ1) is 69.8. The molecule has 0 saturated heterocycles. The van der Waals surface area contributed by atoms with E-state index in [0.29, 0.717) is 12.8 Å². The van der Waals surface area contributed by atoms with Crippen LogP contribution >= 0.6 is 0 Å². The number of rotatable bonds is 54. The Kier molecular flexibility index (Phi) is 59.5. The second-order valence-electron chi connectivity index (χ2n) is 19.7. The predicted octanol–water partition coefficient (Wildman–Crippen LogP) is 21.0. The molecule has 0 bridgehead atoms. The first-order chi connectivity index (χ1) is 36.6. The lowest BCUT2D eigenvalue weighted by molar-refractivity contribution is -0.161. The fourth-order valence-electron chi connectivity index (χ4n) is 8.08. The Morgan fingerprint density at radius 3 is 0.905 bits per heavy atom. The van der Waals surface area contributed by atoms with Crippen molar-refractivity contribution in [3.05, 3.63) is 146 Å². The van der Waals surface area contributed by atoms with Gasteiger partial charge in [0.1, 0.15) is 6.61 Å². The van der Waals surface area contributed by atoms with Crippen LogP contribution in [0, 0.1) is 0 Å². The van der Waals surface area contributed by atoms with E-state index in [1.807, 2.05) is 0 Å². The maximum Gasteiger partial charge on any atom is 0.306 e. The average molecular weight is 1020 g/mol. The lowest BCUT2D eigenvalue weighted by Gasteiger charge is -2.15. The maximum atomic E-state index is 12.3. The minimum absolute atomic E-state index is 0.0876. The van der Waals surface area contributed by atoms with Crippen LogP contribution in [0.4, 0.5) is 0 Å². The molecule has 0 heterocycles. The van der Waals surface area contributed by atoms with Crippen LogP contribution in [0.25, 0.3) is 0 Å². The minimum Gasteiger partial charge on any atom is -0.462 e. The van der Waals surface area contributed by atoms with Crippen LogP contribution in [-0.4, -0.2) is 36.4 Å². The van der Waals surface area contributed by atoms with Gasteiger partial charge in [-0.2, -0.15) is 0 Å². The number of allylic oxidation sites excluding steroid dienone is 24. The summed E-state index contributed by atoms with van der Waals surface area (Å²) in [6.45, 7) is 4.01. The summed E-state index contributed by atoms with van der Waals surface area (Å²) in [7, 11) is 0. The molecule has 5 nitrogen and oxygen atoms in total. The summed E-state index contributed by atoms with van der Waals surface area (Å²) >= 11 is 0. The molecule has 0 aromatic rings. The molecule has 0 aromatic carbocycles. The van der Waals surface area contributed by atoms with E-state index in [4.69, 9.17) is 9.47 Å². The van der Waals surface area contributed by atoms with E-state index in [9.17, 15) is 14.7 Å². The van der Waals surface area contributed by atoms with Crippen molar-refractivity contribution in [1.29, 1.82) is 0 Å². The van der Waals surface area contributed by atoms with E-state index in [2.05, 4.69) is 160 Å². The van der Waals surface area contributed by atoms with Crippen molar-refractivity contribution in [2.75, 3.05) is 13.2 Å². The molecule has 1 atom stereocenters. The topological polar surface area (TPSA) is 72.8 Å². The number of hydrogen-bond donors (Lipinski definition) is 1. The molecule has 418 valence electrons. The molecule has 1 N–H and O–H groups in total. The average Bonchev–Trinajstić information content (AvgIpc) is 3.40. The van der Waals surface area contributed by atoms with Gasteiger partial charge >= 0.3 is 11.9 Å². The minimum atomic E-state index is -0.801. The van der Waals surface area contributed by atoms with Crippen molar-refractivity contribution >= 4 is 11.9 Å². The van der Waals surface area contributed by atoms with Crippen LogP contribution in [0.1, 0.15) is 258 Å². The first-order valence-corrected chi connectivity index (χ1v) is 30.4. The Morgan fingerprint density at radius 2 is 0.581 bits per heavy atom. The molecule has 0 aromatic heterocycles. The number of esters is 2. The van der Waals surface area contributed by atoms with E-state index in [-0.39, 0.29) is 25.2 Å². The Balaban J connectivity index is 3.65. The Hall–Kier alpha value is -4.22. The van der Waals surface area contributed by atoms with Crippen molar-refractivity contribution in [2.45, 2.75) is 264 Å². The lowest BCUT2D eigenvalue weighted by atomic mass is 10.0. The monoisotopic (exact) mass is 1020 g/mol. The van der Waals surface area contributed by atoms with Gasteiger partial charge < -0.3 is 14.6 Å². The van der Waals surface area contributed by atoms with Crippen LogP contribution in [-0.2, 0) is 19.1 Å². The fourth-order valence-corrected chi connectivity index (χ4v) is 8.08. The highest BCUT2D eigenvalue weighted by atomic mass is 16.6. The molecule has 0 amide bonds. The van der Waals surface area contributed by atoms with Crippen molar-refractivity contribution < 1.29 is 24.2 Å². The van der Waals surface area contributed by atoms with Gasteiger partial charge in [-0.1, -0.05) is 269 Å². The van der Waals surface area contributed by atoms with E-state index in [0.717, 1.165) is 116 Å². The van der Waals surface area contributed by atoms with E-state index >= 15 is 0 Å². The predicted molar refractivity (Wildman–Crippen MR) is 324 cm³/mol. The SMILES string of the molecule is CC/C=C\C/C=C\C/C=C\C/C=C\C/C=C\C/C=C\C/C=C\C/C=C\C/C=C\C/C=C\C/C=C\CCCCCC(=O)OC(CO)COC(=O)CCCCCCCCCCCCC/C=C\CCCCCCCCCC. The van der Waals surface area contributed by atoms with Crippen LogP contribution in [0.3, 0.4) is 0 Å². The van der Waals surface area contributed by atoms with E-state index in [1.54, 1.807) is 0 Å². The summed E-state index contributed by atoms with van der Waals surface area (Å²) in [6.07, 6.45) is 95.4. The highest BCUT2D eigenvalue weighted by Crippen LogP contribution is 2.15. The van der Waals surface area contributed by atoms with Gasteiger partial charge in [-0.05, 0) is 122 Å². The normalized spacial score (nSPS) is 13.3. The zero-order valence-electron chi connectivity index (χ0n) is 47.8. The summed E-state index contributed by atoms with van der Waals surface area (Å²) < 4.78 is 10.7. The summed E-state index contributed by atoms with van der Waals surface area (Å²) in [6, 6.07) is 0. The first-order valence-electron chi connectivity index (χ1n) is 30.4. The molecule has 1 unspecified atom stereocenters. The third kappa shape index (κ3) is 60.3. The molecule has 0 aliphatic rings. The summed E-state index contributed by atoms with van der Waals surface area (Å²) in [5.41, 5.74) is 0. The van der Waals surface area contributed by atoms with Crippen LogP contribution in [0.5, 0.6) is 0 Å². The van der Waals surface area contributed by atoms with Crippen molar-refractivity contribution in [3.63, 3.8) is 0 Å². The Morgan fingerprint density at radius 1 is 0.324 bits per heavy atom. The standard InChI is InChI=1S/C69H112O5/c1-3-5-7-9-11-13-15-17-19-21-23-25-27-28-29-30-31-32-33-34-35-36-37-38-39-40-42-44-46-48-50-52-54-56-58-60-62-64-69(72)74-67(65-70)66-73-68(71)63-61-59-57-55-53-51-49-47-45-43-41-26-24-22-20-18-16-14-12-10-8-6-4-2/h5,7,11,13,17,19,22-25,28-29,31-32,34-35,37-38,40,42,46,48,52,54,67,70H,3-4,6,8-10,12,14-16,18,20-21,26-27,30,33,36,39,41,43-45,47,49-51,53,55-66H2,1-2H3/b7-5-,13-11-,19-17-,24-22-,25-23-,29-28-,32-31-,35-34-,38-37-,42-40-,48-46-,54-52-. The number of aliphatic hydroxyl groups is 1. The number of aliphatic hydroxyl groups excluding tert-OH is 1. The van der Waals surface area contributed by atoms with Gasteiger partial charge in [0.05, 0.1) is 6.61 Å². The molecular formula is C69H112O5. The Bertz CT molecular complexity index is 1580. The molecule has 0 aliphatic carbocycles. The number of hydrogen-bond acceptors (Lipinski definition) is 5. The second kappa shape index (κ2) is 63.1. The highest BCUT2D eigenvalue weighted by Gasteiger charge is 2.16. The van der Waals surface area contributed by atoms with E-state index in [1.165, 1.54) is 116 Å². The molecule has 0 rings (SSSR count). The summed E-state index contributed by atoms with van der Waals surface area (Å²) in [5.74, 6) is -0.635. The molecule has 0 spiro atoms. The molecule has 0 aliphatic heterocycles. The van der Waals surface area contributed by atoms with Gasteiger partial charge in [0.25, 0.3) is 0 Å². The summed E-state index contributed by atoms with van der Waals surface area (Å²) in [4.78, 5) is 24.5. The molecule has 0 radical (unpaired) electrons. The van der Waals surface area contributed by atoms with Gasteiger partial charge in [0, 0.05) is 12.8 Å². The maximum absolute atomic E-state index is 12.3. The van der Waals surface area contributed by atoms with Crippen molar-refractivity contribution in [1.82, 2.24) is 0 Å². The third-order valence-corrected chi connectivity index (χ3v) is 12.6. The summed E-state index contributed by atoms with van der Waals surface area (Å²) in [5, 5.41) is 9.66. The fraction of sp³-hybridized carbons (Fsp3) is 0.623. The van der Waals surface area contributed by atoms with Crippen molar-refractivity contribution in [3.8, 4) is 0 Å². The zero-order valence-corrected chi connectivity index (χ0v) is 47.8. The zero-order chi connectivity index (χ0) is 53.4. The number of unbranched alkanes of at least 4 members (excludes halogenated alkanes) is 22. The smallest absolute Gasteiger partial charge is 0.306 e. The highest BCUT2D eigenvalue weighted by molar-refractivity contribution is 5.70. The van der Waals surface area contributed by atoms with Crippen LogP contribution in [0.2, 0.25) is 0 Å². The van der Waals surface area contributed by atoms with Gasteiger partial charge in [0.15, 0.2) is 6.10 Å².